The van der Waals surface area contributed by atoms with E-state index in [0.717, 1.165) is 33.5 Å². The van der Waals surface area contributed by atoms with Gasteiger partial charge in [0, 0.05) is 13.0 Å². The van der Waals surface area contributed by atoms with Crippen molar-refractivity contribution in [2.24, 2.45) is 0 Å². The number of carbonyl (C=O) groups is 3. The fourth-order valence-corrected chi connectivity index (χ4v) is 3.88. The van der Waals surface area contributed by atoms with Gasteiger partial charge in [-0.3, -0.25) is 4.79 Å². The molecule has 1 aliphatic carbocycles. The molecule has 0 fully saturated rings. The van der Waals surface area contributed by atoms with E-state index >= 15 is 0 Å². The molecule has 33 heavy (non-hydrogen) atoms. The highest BCUT2D eigenvalue weighted by Crippen LogP contribution is 2.44. The summed E-state index contributed by atoms with van der Waals surface area (Å²) in [5.41, 5.74) is 4.40. The van der Waals surface area contributed by atoms with E-state index in [9.17, 15) is 14.4 Å². The molecule has 1 unspecified atom stereocenters. The van der Waals surface area contributed by atoms with Crippen LogP contribution in [0.3, 0.4) is 0 Å². The van der Waals surface area contributed by atoms with Crippen molar-refractivity contribution in [2.75, 3.05) is 13.7 Å². The number of rotatable bonds is 7. The van der Waals surface area contributed by atoms with E-state index in [2.05, 4.69) is 22.4 Å². The van der Waals surface area contributed by atoms with Gasteiger partial charge in [0.2, 0.25) is 0 Å². The number of aliphatic carboxylic acids is 1. The molecular formula is C24H23N3O6. The molecule has 0 aliphatic heterocycles. The van der Waals surface area contributed by atoms with Crippen LogP contribution >= 0.6 is 0 Å². The highest BCUT2D eigenvalue weighted by atomic mass is 16.5. The molecule has 0 bridgehead atoms. The van der Waals surface area contributed by atoms with Gasteiger partial charge in [-0.1, -0.05) is 48.5 Å². The monoisotopic (exact) mass is 449 g/mol. The van der Waals surface area contributed by atoms with Crippen molar-refractivity contribution in [1.82, 2.24) is 15.2 Å². The molecule has 1 heterocycles. The number of ether oxygens (including phenoxy) is 1. The summed E-state index contributed by atoms with van der Waals surface area (Å²) in [6.45, 7) is 1.41. The Kier molecular flexibility index (Phi) is 6.12. The van der Waals surface area contributed by atoms with Crippen molar-refractivity contribution >= 4 is 18.0 Å². The van der Waals surface area contributed by atoms with Crippen LogP contribution < -0.4 is 5.32 Å². The molecular weight excluding hydrogens is 426 g/mol. The summed E-state index contributed by atoms with van der Waals surface area (Å²) in [6.07, 6.45) is 0.403. The van der Waals surface area contributed by atoms with Crippen LogP contribution in [0.25, 0.3) is 11.1 Å². The number of aromatic nitrogens is 1. The lowest BCUT2D eigenvalue weighted by atomic mass is 9.98. The first-order chi connectivity index (χ1) is 15.9. The number of alkyl carbamates (subject to hydrolysis) is 1. The zero-order valence-corrected chi connectivity index (χ0v) is 18.1. The smallest absolute Gasteiger partial charge is 0.407 e. The number of oxazole rings is 1. The molecule has 1 aliphatic rings. The van der Waals surface area contributed by atoms with Crippen LogP contribution in [-0.4, -0.2) is 52.7 Å². The third kappa shape index (κ3) is 4.30. The number of nitrogens with zero attached hydrogens (tertiary/aromatic N) is 2. The molecule has 0 radical (unpaired) electrons. The largest absolute Gasteiger partial charge is 0.480 e. The Morgan fingerprint density at radius 2 is 1.73 bits per heavy atom. The Morgan fingerprint density at radius 1 is 1.12 bits per heavy atom. The summed E-state index contributed by atoms with van der Waals surface area (Å²) < 4.78 is 10.7. The maximum atomic E-state index is 12.5. The van der Waals surface area contributed by atoms with E-state index in [4.69, 9.17) is 14.3 Å². The summed E-state index contributed by atoms with van der Waals surface area (Å²) in [4.78, 5) is 41.0. The summed E-state index contributed by atoms with van der Waals surface area (Å²) in [5, 5.41) is 11.7. The SMILES string of the molecule is CC(C(=O)O)N(C)C(=O)c1ncoc1CNC(=O)OCC1c2ccccc2-c2ccccc21. The second-order valence-electron chi connectivity index (χ2n) is 7.73. The lowest BCUT2D eigenvalue weighted by Crippen LogP contribution is -2.40. The molecule has 1 atom stereocenters. The Morgan fingerprint density at radius 3 is 2.33 bits per heavy atom. The molecule has 170 valence electrons. The van der Waals surface area contributed by atoms with Crippen LogP contribution in [0.2, 0.25) is 0 Å². The van der Waals surface area contributed by atoms with Gasteiger partial charge < -0.3 is 24.5 Å². The number of benzene rings is 2. The topological polar surface area (TPSA) is 122 Å². The number of nitrogens with one attached hydrogen (secondary N) is 1. The second kappa shape index (κ2) is 9.15. The maximum Gasteiger partial charge on any atom is 0.407 e. The van der Waals surface area contributed by atoms with Crippen LogP contribution in [0, 0.1) is 0 Å². The quantitative estimate of drug-likeness (QED) is 0.568. The molecule has 0 saturated heterocycles. The molecule has 3 aromatic rings. The molecule has 9 heteroatoms. The van der Waals surface area contributed by atoms with E-state index in [0.29, 0.717) is 0 Å². The normalized spacial score (nSPS) is 13.0. The lowest BCUT2D eigenvalue weighted by Gasteiger charge is -2.20. The Labute approximate surface area is 190 Å². The van der Waals surface area contributed by atoms with Gasteiger partial charge in [-0.05, 0) is 29.2 Å². The van der Waals surface area contributed by atoms with Crippen molar-refractivity contribution in [3.8, 4) is 11.1 Å². The van der Waals surface area contributed by atoms with Crippen molar-refractivity contribution < 1.29 is 28.6 Å². The zero-order chi connectivity index (χ0) is 23.5. The minimum absolute atomic E-state index is 0.0652. The number of hydrogen-bond acceptors (Lipinski definition) is 6. The van der Waals surface area contributed by atoms with Crippen LogP contribution in [0.5, 0.6) is 0 Å². The van der Waals surface area contributed by atoms with Crippen LogP contribution in [0.15, 0.2) is 59.3 Å². The van der Waals surface area contributed by atoms with E-state index in [1.165, 1.54) is 14.0 Å². The van der Waals surface area contributed by atoms with Gasteiger partial charge in [0.1, 0.15) is 12.6 Å². The number of amides is 2. The van der Waals surface area contributed by atoms with Gasteiger partial charge in [-0.25, -0.2) is 14.6 Å². The lowest BCUT2D eigenvalue weighted by molar-refractivity contribution is -0.141. The standard InChI is InChI=1S/C24H23N3O6/c1-14(23(29)30)27(2)22(28)21-20(33-13-26-21)11-25-24(31)32-12-19-17-9-5-3-7-15(17)16-8-4-6-10-18(16)19/h3-10,13-14,19H,11-12H2,1-2H3,(H,25,31)(H,29,30). The molecule has 0 saturated carbocycles. The minimum atomic E-state index is -1.15. The van der Waals surface area contributed by atoms with E-state index in [-0.39, 0.29) is 30.5 Å². The number of carbonyl (C=O) groups excluding carboxylic acids is 2. The fourth-order valence-electron chi connectivity index (χ4n) is 3.88. The van der Waals surface area contributed by atoms with Gasteiger partial charge >= 0.3 is 12.1 Å². The van der Waals surface area contributed by atoms with E-state index in [1.807, 2.05) is 36.4 Å². The molecule has 4 rings (SSSR count). The second-order valence-corrected chi connectivity index (χ2v) is 7.73. The average Bonchev–Trinajstić information content (AvgIpc) is 3.42. The molecule has 9 nitrogen and oxygen atoms in total. The fraction of sp³-hybridized carbons (Fsp3) is 0.250. The molecule has 0 spiro atoms. The number of fused-ring (bicyclic) bond motifs is 3. The maximum absolute atomic E-state index is 12.5. The van der Waals surface area contributed by atoms with Gasteiger partial charge in [0.05, 0.1) is 6.54 Å². The summed E-state index contributed by atoms with van der Waals surface area (Å²) in [7, 11) is 1.36. The first-order valence-corrected chi connectivity index (χ1v) is 10.4. The van der Waals surface area contributed by atoms with E-state index in [1.54, 1.807) is 0 Å². The number of carboxylic acids is 1. The van der Waals surface area contributed by atoms with Gasteiger partial charge in [-0.2, -0.15) is 0 Å². The molecule has 2 amide bonds. The Bertz CT molecular complexity index is 1160. The van der Waals surface area contributed by atoms with Gasteiger partial charge in [0.15, 0.2) is 17.8 Å². The zero-order valence-electron chi connectivity index (χ0n) is 18.1. The summed E-state index contributed by atoms with van der Waals surface area (Å²) in [6, 6.07) is 15.0. The van der Waals surface area contributed by atoms with Crippen LogP contribution in [-0.2, 0) is 16.1 Å². The first-order valence-electron chi connectivity index (χ1n) is 10.4. The number of likely N-dealkylation sites (N-methyl/N-ethyl adjacent to an activating group) is 1. The number of hydrogen-bond donors (Lipinski definition) is 2. The number of carboxylic acid groups (broad SMARTS) is 1. The van der Waals surface area contributed by atoms with Crippen molar-refractivity contribution in [3.05, 3.63) is 77.5 Å². The van der Waals surface area contributed by atoms with Crippen molar-refractivity contribution in [1.29, 1.82) is 0 Å². The Hall–Kier alpha value is -4.14. The average molecular weight is 449 g/mol. The van der Waals surface area contributed by atoms with Gasteiger partial charge in [-0.15, -0.1) is 0 Å². The van der Waals surface area contributed by atoms with E-state index < -0.39 is 24.0 Å². The predicted molar refractivity (Wildman–Crippen MR) is 118 cm³/mol. The van der Waals surface area contributed by atoms with Crippen molar-refractivity contribution in [3.63, 3.8) is 0 Å². The third-order valence-corrected chi connectivity index (χ3v) is 5.84. The highest BCUT2D eigenvalue weighted by Gasteiger charge is 2.30. The molecule has 1 aromatic heterocycles. The Balaban J connectivity index is 1.38. The first kappa shape index (κ1) is 22.1. The van der Waals surface area contributed by atoms with Crippen molar-refractivity contribution in [2.45, 2.75) is 25.4 Å². The van der Waals surface area contributed by atoms with Crippen LogP contribution in [0.4, 0.5) is 4.79 Å². The van der Waals surface area contributed by atoms with Crippen LogP contribution in [0.1, 0.15) is 40.2 Å². The molecule has 2 aromatic carbocycles. The molecule has 2 N–H and O–H groups in total. The minimum Gasteiger partial charge on any atom is -0.480 e. The summed E-state index contributed by atoms with van der Waals surface area (Å²) >= 11 is 0. The van der Waals surface area contributed by atoms with Gasteiger partial charge in [0.25, 0.3) is 5.91 Å². The summed E-state index contributed by atoms with van der Waals surface area (Å²) in [5.74, 6) is -1.73. The third-order valence-electron chi connectivity index (χ3n) is 5.84. The highest BCUT2D eigenvalue weighted by molar-refractivity contribution is 5.95. The predicted octanol–water partition coefficient (Wildman–Crippen LogP) is 3.26.